The third kappa shape index (κ3) is 6.05. The van der Waals surface area contributed by atoms with Crippen molar-refractivity contribution in [1.82, 2.24) is 24.6 Å². The molecule has 1 aliphatic carbocycles. The van der Waals surface area contributed by atoms with Crippen molar-refractivity contribution < 1.29 is 9.21 Å². The molecule has 2 aliphatic rings. The number of carbonyl (C=O) groups excluding carboxylic acids is 1. The van der Waals surface area contributed by atoms with Crippen molar-refractivity contribution in [1.29, 1.82) is 0 Å². The quantitative estimate of drug-likeness (QED) is 0.372. The number of benzene rings is 1. The van der Waals surface area contributed by atoms with Crippen LogP contribution >= 0.6 is 11.8 Å². The number of furan rings is 1. The molecule has 3 heterocycles. The van der Waals surface area contributed by atoms with Crippen molar-refractivity contribution >= 4 is 17.7 Å². The first-order chi connectivity index (χ1) is 17.3. The second-order valence-electron chi connectivity index (χ2n) is 9.20. The van der Waals surface area contributed by atoms with Gasteiger partial charge in [-0.2, -0.15) is 0 Å². The molecule has 1 aromatic carbocycles. The standard InChI is InChI=1S/C27H33N5O2S/c33-26(31(19-24-15-10-18-34-24)22-11-4-1-5-12-22)21-35-27-29-28-25(20-30-16-8-3-9-17-30)32(27)23-13-6-2-7-14-23/h2,6-7,10-11,13-15,18H,1,3-5,8-9,12,16-17,19-21H2. The van der Waals surface area contributed by atoms with Crippen LogP contribution in [-0.4, -0.2) is 49.3 Å². The van der Waals surface area contributed by atoms with E-state index in [4.69, 9.17) is 4.42 Å². The number of nitrogens with zero attached hydrogens (tertiary/aromatic N) is 5. The predicted molar refractivity (Wildman–Crippen MR) is 137 cm³/mol. The Morgan fingerprint density at radius 3 is 2.60 bits per heavy atom. The van der Waals surface area contributed by atoms with E-state index in [-0.39, 0.29) is 5.91 Å². The number of likely N-dealkylation sites (tertiary alicyclic amines) is 1. The van der Waals surface area contributed by atoms with Gasteiger partial charge in [-0.05, 0) is 75.9 Å². The molecule has 1 fully saturated rings. The van der Waals surface area contributed by atoms with E-state index >= 15 is 0 Å². The number of amides is 1. The van der Waals surface area contributed by atoms with Crippen molar-refractivity contribution in [2.24, 2.45) is 0 Å². The van der Waals surface area contributed by atoms with Gasteiger partial charge in [0, 0.05) is 11.4 Å². The summed E-state index contributed by atoms with van der Waals surface area (Å²) in [6.45, 7) is 3.43. The van der Waals surface area contributed by atoms with Gasteiger partial charge in [0.2, 0.25) is 5.91 Å². The topological polar surface area (TPSA) is 67.4 Å². The molecule has 3 aromatic rings. The minimum absolute atomic E-state index is 0.0692. The number of allylic oxidation sites excluding steroid dienone is 2. The van der Waals surface area contributed by atoms with Crippen molar-refractivity contribution in [3.8, 4) is 5.69 Å². The molecule has 1 aliphatic heterocycles. The number of aromatic nitrogens is 3. The summed E-state index contributed by atoms with van der Waals surface area (Å²) < 4.78 is 7.68. The molecule has 0 bridgehead atoms. The van der Waals surface area contributed by atoms with Crippen LogP contribution in [0.4, 0.5) is 0 Å². The normalized spacial score (nSPS) is 16.7. The zero-order chi connectivity index (χ0) is 23.9. The minimum atomic E-state index is 0.0692. The van der Waals surface area contributed by atoms with Crippen LogP contribution in [-0.2, 0) is 17.9 Å². The average Bonchev–Trinajstić information content (AvgIpc) is 3.57. The van der Waals surface area contributed by atoms with E-state index in [1.807, 2.05) is 35.2 Å². The number of piperidine rings is 1. The van der Waals surface area contributed by atoms with Gasteiger partial charge < -0.3 is 9.32 Å². The largest absolute Gasteiger partial charge is 0.467 e. The number of carbonyl (C=O) groups is 1. The minimum Gasteiger partial charge on any atom is -0.467 e. The van der Waals surface area contributed by atoms with Gasteiger partial charge in [0.15, 0.2) is 11.0 Å². The maximum Gasteiger partial charge on any atom is 0.237 e. The van der Waals surface area contributed by atoms with Crippen molar-refractivity contribution in [2.75, 3.05) is 18.8 Å². The molecule has 0 atom stereocenters. The fourth-order valence-corrected chi connectivity index (χ4v) is 5.68. The molecule has 8 heteroatoms. The van der Waals surface area contributed by atoms with Gasteiger partial charge in [-0.1, -0.05) is 42.5 Å². The number of rotatable bonds is 9. The molecule has 7 nitrogen and oxygen atoms in total. The Labute approximate surface area is 211 Å². The van der Waals surface area contributed by atoms with Gasteiger partial charge in [-0.15, -0.1) is 10.2 Å². The number of hydrogen-bond donors (Lipinski definition) is 0. The lowest BCUT2D eigenvalue weighted by Gasteiger charge is -2.27. The summed E-state index contributed by atoms with van der Waals surface area (Å²) in [4.78, 5) is 17.8. The summed E-state index contributed by atoms with van der Waals surface area (Å²) in [5.74, 6) is 2.09. The highest BCUT2D eigenvalue weighted by Gasteiger charge is 2.24. The zero-order valence-corrected chi connectivity index (χ0v) is 21.0. The Morgan fingerprint density at radius 2 is 1.86 bits per heavy atom. The molecule has 184 valence electrons. The van der Waals surface area contributed by atoms with E-state index in [2.05, 4.69) is 37.9 Å². The number of hydrogen-bond acceptors (Lipinski definition) is 6. The second-order valence-corrected chi connectivity index (χ2v) is 10.1. The van der Waals surface area contributed by atoms with Gasteiger partial charge in [0.25, 0.3) is 0 Å². The predicted octanol–water partition coefficient (Wildman–Crippen LogP) is 5.43. The van der Waals surface area contributed by atoms with E-state index in [0.717, 1.165) is 67.0 Å². The highest BCUT2D eigenvalue weighted by molar-refractivity contribution is 7.99. The third-order valence-corrected chi connectivity index (χ3v) is 7.58. The summed E-state index contributed by atoms with van der Waals surface area (Å²) in [6, 6.07) is 14.0. The SMILES string of the molecule is O=C(CSc1nnc(CN2CCCCC2)n1-c1ccccc1)N(Cc1ccco1)C1=CCCCC1. The van der Waals surface area contributed by atoms with Crippen molar-refractivity contribution in [3.05, 3.63) is 72.1 Å². The van der Waals surface area contributed by atoms with Crippen LogP contribution in [0.5, 0.6) is 0 Å². The van der Waals surface area contributed by atoms with E-state index in [1.54, 1.807) is 6.26 Å². The summed E-state index contributed by atoms with van der Waals surface area (Å²) in [6.07, 6.45) is 11.9. The fraction of sp³-hybridized carbons (Fsp3) is 0.444. The summed E-state index contributed by atoms with van der Waals surface area (Å²) in [7, 11) is 0. The highest BCUT2D eigenvalue weighted by atomic mass is 32.2. The number of thioether (sulfide) groups is 1. The monoisotopic (exact) mass is 491 g/mol. The van der Waals surface area contributed by atoms with Crippen molar-refractivity contribution in [2.45, 2.75) is 63.2 Å². The van der Waals surface area contributed by atoms with E-state index in [1.165, 1.54) is 37.4 Å². The van der Waals surface area contributed by atoms with E-state index in [0.29, 0.717) is 12.3 Å². The molecule has 5 rings (SSSR count). The Kier molecular flexibility index (Phi) is 8.00. The first-order valence-corrected chi connectivity index (χ1v) is 13.6. The van der Waals surface area contributed by atoms with Crippen LogP contribution in [0.2, 0.25) is 0 Å². The van der Waals surface area contributed by atoms with Crippen LogP contribution in [0.25, 0.3) is 5.69 Å². The van der Waals surface area contributed by atoms with Gasteiger partial charge >= 0.3 is 0 Å². The van der Waals surface area contributed by atoms with Crippen LogP contribution in [0, 0.1) is 0 Å². The Morgan fingerprint density at radius 1 is 1.00 bits per heavy atom. The summed E-state index contributed by atoms with van der Waals surface area (Å²) in [5.41, 5.74) is 2.13. The second kappa shape index (κ2) is 11.7. The first-order valence-electron chi connectivity index (χ1n) is 12.6. The van der Waals surface area contributed by atoms with Gasteiger partial charge in [0.05, 0.1) is 25.1 Å². The van der Waals surface area contributed by atoms with Crippen LogP contribution < -0.4 is 0 Å². The number of para-hydroxylation sites is 1. The molecule has 1 saturated heterocycles. The summed E-state index contributed by atoms with van der Waals surface area (Å²) in [5, 5.41) is 9.84. The van der Waals surface area contributed by atoms with E-state index < -0.39 is 0 Å². The molecule has 35 heavy (non-hydrogen) atoms. The molecular weight excluding hydrogens is 458 g/mol. The van der Waals surface area contributed by atoms with Crippen LogP contribution in [0.15, 0.2) is 70.1 Å². The molecular formula is C27H33N5O2S. The van der Waals surface area contributed by atoms with Gasteiger partial charge in [0.1, 0.15) is 5.76 Å². The lowest BCUT2D eigenvalue weighted by atomic mass is 10.0. The average molecular weight is 492 g/mol. The van der Waals surface area contributed by atoms with Crippen molar-refractivity contribution in [3.63, 3.8) is 0 Å². The Balaban J connectivity index is 1.34. The first kappa shape index (κ1) is 23.9. The fourth-order valence-electron chi connectivity index (χ4n) is 4.83. The lowest BCUT2D eigenvalue weighted by Crippen LogP contribution is -2.32. The summed E-state index contributed by atoms with van der Waals surface area (Å²) >= 11 is 1.46. The van der Waals surface area contributed by atoms with Gasteiger partial charge in [-0.3, -0.25) is 14.3 Å². The molecule has 2 aromatic heterocycles. The smallest absolute Gasteiger partial charge is 0.237 e. The van der Waals surface area contributed by atoms with Gasteiger partial charge in [-0.25, -0.2) is 0 Å². The molecule has 1 amide bonds. The highest BCUT2D eigenvalue weighted by Crippen LogP contribution is 2.27. The molecule has 0 unspecified atom stereocenters. The van der Waals surface area contributed by atoms with E-state index in [9.17, 15) is 4.79 Å². The molecule has 0 saturated carbocycles. The lowest BCUT2D eigenvalue weighted by molar-refractivity contribution is -0.127. The maximum absolute atomic E-state index is 13.5. The molecule has 0 N–H and O–H groups in total. The zero-order valence-electron chi connectivity index (χ0n) is 20.1. The maximum atomic E-state index is 13.5. The molecule has 0 spiro atoms. The third-order valence-electron chi connectivity index (χ3n) is 6.66. The van der Waals surface area contributed by atoms with Crippen LogP contribution in [0.1, 0.15) is 56.5 Å². The van der Waals surface area contributed by atoms with Crippen LogP contribution in [0.3, 0.4) is 0 Å². The Hall–Kier alpha value is -2.84. The Bertz CT molecular complexity index is 1120. The molecule has 0 radical (unpaired) electrons.